The lowest BCUT2D eigenvalue weighted by molar-refractivity contribution is -0.137. The van der Waals surface area contributed by atoms with E-state index in [9.17, 15) is 9.59 Å². The molecule has 2 amide bonds. The third-order valence-corrected chi connectivity index (χ3v) is 2.22. The number of amides is 2. The lowest BCUT2D eigenvalue weighted by Crippen LogP contribution is -2.31. The van der Waals surface area contributed by atoms with Crippen LogP contribution in [-0.4, -0.2) is 23.3 Å². The normalized spacial score (nSPS) is 17.9. The van der Waals surface area contributed by atoms with Gasteiger partial charge in [0, 0.05) is 6.54 Å². The molecule has 3 nitrogen and oxygen atoms in total. The van der Waals surface area contributed by atoms with Crippen LogP contribution in [0.3, 0.4) is 0 Å². The molecule has 0 radical (unpaired) electrons. The molecule has 3 heteroatoms. The van der Waals surface area contributed by atoms with Gasteiger partial charge in [-0.15, -0.1) is 0 Å². The first-order valence-corrected chi connectivity index (χ1v) is 5.03. The summed E-state index contributed by atoms with van der Waals surface area (Å²) in [7, 11) is 0. The molecule has 0 aromatic rings. The van der Waals surface area contributed by atoms with Crippen LogP contribution in [0.2, 0.25) is 0 Å². The first-order chi connectivity index (χ1) is 7.17. The molecule has 1 aliphatic rings. The average Bonchev–Trinajstić information content (AvgIpc) is 2.43. The molecular formula is C12H15NO2. The first kappa shape index (κ1) is 11.4. The molecule has 0 bridgehead atoms. The molecule has 0 fully saturated rings. The molecule has 0 saturated heterocycles. The average molecular weight is 205 g/mol. The molecule has 0 N–H and O–H groups in total. The van der Waals surface area contributed by atoms with Gasteiger partial charge in [0.2, 0.25) is 0 Å². The van der Waals surface area contributed by atoms with Crippen LogP contribution in [0.1, 0.15) is 20.8 Å². The SMILES string of the molecule is C/C=C\C1=C(/C=C\C)C(=O)N(CC)C1=O. The summed E-state index contributed by atoms with van der Waals surface area (Å²) in [5.41, 5.74) is 0.977. The molecule has 0 aromatic heterocycles. The van der Waals surface area contributed by atoms with Crippen LogP contribution >= 0.6 is 0 Å². The van der Waals surface area contributed by atoms with Gasteiger partial charge in [0.05, 0.1) is 11.1 Å². The van der Waals surface area contributed by atoms with Gasteiger partial charge in [0.1, 0.15) is 0 Å². The number of likely N-dealkylation sites (N-methyl/N-ethyl adjacent to an activating group) is 1. The Labute approximate surface area is 89.8 Å². The predicted molar refractivity (Wildman–Crippen MR) is 59.0 cm³/mol. The highest BCUT2D eigenvalue weighted by molar-refractivity contribution is 6.21. The van der Waals surface area contributed by atoms with Gasteiger partial charge in [-0.1, -0.05) is 24.3 Å². The summed E-state index contributed by atoms with van der Waals surface area (Å²) in [6, 6.07) is 0. The molecule has 80 valence electrons. The van der Waals surface area contributed by atoms with Crippen LogP contribution in [0, 0.1) is 0 Å². The quantitative estimate of drug-likeness (QED) is 0.659. The summed E-state index contributed by atoms with van der Waals surface area (Å²) in [4.78, 5) is 24.8. The Morgan fingerprint density at radius 1 is 1.00 bits per heavy atom. The number of carbonyl (C=O) groups excluding carboxylic acids is 2. The van der Waals surface area contributed by atoms with E-state index in [0.29, 0.717) is 17.7 Å². The van der Waals surface area contributed by atoms with Gasteiger partial charge < -0.3 is 0 Å². The first-order valence-electron chi connectivity index (χ1n) is 5.03. The zero-order chi connectivity index (χ0) is 11.4. The van der Waals surface area contributed by atoms with Crippen molar-refractivity contribution < 1.29 is 9.59 Å². The largest absolute Gasteiger partial charge is 0.275 e. The summed E-state index contributed by atoms with van der Waals surface area (Å²) in [6.07, 6.45) is 6.91. The Bertz CT molecular complexity index is 341. The summed E-state index contributed by atoms with van der Waals surface area (Å²) in [5.74, 6) is -0.401. The van der Waals surface area contributed by atoms with E-state index in [-0.39, 0.29) is 11.8 Å². The van der Waals surface area contributed by atoms with Crippen LogP contribution < -0.4 is 0 Å². The Morgan fingerprint density at radius 2 is 1.40 bits per heavy atom. The minimum absolute atomic E-state index is 0.200. The number of allylic oxidation sites excluding steroid dienone is 2. The number of rotatable bonds is 3. The summed E-state index contributed by atoms with van der Waals surface area (Å²) in [5, 5.41) is 0. The highest BCUT2D eigenvalue weighted by Gasteiger charge is 2.33. The molecule has 1 aliphatic heterocycles. The Kier molecular flexibility index (Phi) is 3.61. The second-order valence-electron chi connectivity index (χ2n) is 3.18. The molecule has 15 heavy (non-hydrogen) atoms. The van der Waals surface area contributed by atoms with E-state index in [2.05, 4.69) is 0 Å². The van der Waals surface area contributed by atoms with E-state index in [1.165, 1.54) is 4.90 Å². The molecule has 0 spiro atoms. The van der Waals surface area contributed by atoms with Crippen LogP contribution in [0.25, 0.3) is 0 Å². The van der Waals surface area contributed by atoms with Crippen LogP contribution in [0.15, 0.2) is 35.5 Å². The van der Waals surface area contributed by atoms with Gasteiger partial charge in [-0.2, -0.15) is 0 Å². The fraction of sp³-hybridized carbons (Fsp3) is 0.333. The number of imide groups is 1. The van der Waals surface area contributed by atoms with Crippen LogP contribution in [0.4, 0.5) is 0 Å². The van der Waals surface area contributed by atoms with Crippen molar-refractivity contribution in [1.82, 2.24) is 4.90 Å². The number of nitrogens with zero attached hydrogens (tertiary/aromatic N) is 1. The molecule has 0 unspecified atom stereocenters. The maximum absolute atomic E-state index is 11.8. The molecule has 0 aromatic carbocycles. The third-order valence-electron chi connectivity index (χ3n) is 2.22. The van der Waals surface area contributed by atoms with Crippen molar-refractivity contribution in [3.05, 3.63) is 35.5 Å². The molecule has 0 saturated carbocycles. The fourth-order valence-electron chi connectivity index (χ4n) is 1.56. The lowest BCUT2D eigenvalue weighted by atomic mass is 10.1. The predicted octanol–water partition coefficient (Wildman–Crippen LogP) is 1.82. The molecular weight excluding hydrogens is 190 g/mol. The minimum atomic E-state index is -0.200. The smallest absolute Gasteiger partial charge is 0.261 e. The topological polar surface area (TPSA) is 37.4 Å². The standard InChI is InChI=1S/C12H15NO2/c1-4-7-9-10(8-5-2)12(15)13(6-3)11(9)14/h4-5,7-8H,6H2,1-3H3/b7-4-,8-5-. The zero-order valence-electron chi connectivity index (χ0n) is 9.28. The molecule has 0 aliphatic carbocycles. The van der Waals surface area contributed by atoms with E-state index < -0.39 is 0 Å². The number of hydrogen-bond acceptors (Lipinski definition) is 2. The molecule has 1 heterocycles. The van der Waals surface area contributed by atoms with Crippen molar-refractivity contribution in [2.24, 2.45) is 0 Å². The summed E-state index contributed by atoms with van der Waals surface area (Å²) < 4.78 is 0. The van der Waals surface area contributed by atoms with Gasteiger partial charge in [-0.25, -0.2) is 0 Å². The summed E-state index contributed by atoms with van der Waals surface area (Å²) >= 11 is 0. The maximum Gasteiger partial charge on any atom is 0.261 e. The second-order valence-corrected chi connectivity index (χ2v) is 3.18. The third kappa shape index (κ3) is 1.91. The monoisotopic (exact) mass is 205 g/mol. The second kappa shape index (κ2) is 4.73. The van der Waals surface area contributed by atoms with E-state index in [4.69, 9.17) is 0 Å². The van der Waals surface area contributed by atoms with Crippen molar-refractivity contribution in [3.8, 4) is 0 Å². The molecule has 1 rings (SSSR count). The van der Waals surface area contributed by atoms with Gasteiger partial charge in [0.25, 0.3) is 11.8 Å². The van der Waals surface area contributed by atoms with Crippen LogP contribution in [0.5, 0.6) is 0 Å². The van der Waals surface area contributed by atoms with Gasteiger partial charge in [-0.3, -0.25) is 14.5 Å². The Morgan fingerprint density at radius 3 is 1.67 bits per heavy atom. The number of hydrogen-bond donors (Lipinski definition) is 0. The van der Waals surface area contributed by atoms with Crippen molar-refractivity contribution in [1.29, 1.82) is 0 Å². The van der Waals surface area contributed by atoms with Gasteiger partial charge >= 0.3 is 0 Å². The minimum Gasteiger partial charge on any atom is -0.275 e. The van der Waals surface area contributed by atoms with E-state index in [0.717, 1.165) is 0 Å². The van der Waals surface area contributed by atoms with E-state index in [1.807, 2.05) is 13.8 Å². The Hall–Kier alpha value is -1.64. The summed E-state index contributed by atoms with van der Waals surface area (Å²) in [6.45, 7) is 5.86. The van der Waals surface area contributed by atoms with Crippen LogP contribution in [-0.2, 0) is 9.59 Å². The van der Waals surface area contributed by atoms with Crippen molar-refractivity contribution >= 4 is 11.8 Å². The zero-order valence-corrected chi connectivity index (χ0v) is 9.28. The Balaban J connectivity index is 3.22. The van der Waals surface area contributed by atoms with Crippen molar-refractivity contribution in [3.63, 3.8) is 0 Å². The van der Waals surface area contributed by atoms with Gasteiger partial charge in [0.15, 0.2) is 0 Å². The van der Waals surface area contributed by atoms with Crippen molar-refractivity contribution in [2.45, 2.75) is 20.8 Å². The fourth-order valence-corrected chi connectivity index (χ4v) is 1.56. The highest BCUT2D eigenvalue weighted by atomic mass is 16.2. The molecule has 0 atom stereocenters. The van der Waals surface area contributed by atoms with E-state index >= 15 is 0 Å². The van der Waals surface area contributed by atoms with Crippen molar-refractivity contribution in [2.75, 3.05) is 6.54 Å². The van der Waals surface area contributed by atoms with Gasteiger partial charge in [-0.05, 0) is 20.8 Å². The highest BCUT2D eigenvalue weighted by Crippen LogP contribution is 2.22. The number of carbonyl (C=O) groups is 2. The maximum atomic E-state index is 11.8. The van der Waals surface area contributed by atoms with E-state index in [1.54, 1.807) is 31.2 Å². The lowest BCUT2D eigenvalue weighted by Gasteiger charge is -2.10.